The SMILES string of the molecule is O=C([C@@H](Cc1ccccc1)N1C(=O)c2ccccc2C1=O)N1CCCC1. The highest BCUT2D eigenvalue weighted by Gasteiger charge is 2.44. The maximum atomic E-state index is 13.2. The highest BCUT2D eigenvalue weighted by molar-refractivity contribution is 6.22. The fourth-order valence-corrected chi connectivity index (χ4v) is 3.77. The van der Waals surface area contributed by atoms with Gasteiger partial charge in [0.1, 0.15) is 6.04 Å². The van der Waals surface area contributed by atoms with Crippen LogP contribution in [0.15, 0.2) is 54.6 Å². The topological polar surface area (TPSA) is 57.7 Å². The maximum absolute atomic E-state index is 13.2. The molecule has 2 aliphatic rings. The number of benzene rings is 2. The Labute approximate surface area is 152 Å². The van der Waals surface area contributed by atoms with E-state index in [0.29, 0.717) is 30.6 Å². The standard InChI is InChI=1S/C21H20N2O3/c24-19-16-10-4-5-11-17(16)20(25)23(19)18(14-15-8-2-1-3-9-15)21(26)22-12-6-7-13-22/h1-5,8-11,18H,6-7,12-14H2/t18-/m1/s1. The summed E-state index contributed by atoms with van der Waals surface area (Å²) in [4.78, 5) is 41.9. The molecule has 0 unspecified atom stereocenters. The van der Waals surface area contributed by atoms with Crippen molar-refractivity contribution >= 4 is 17.7 Å². The van der Waals surface area contributed by atoms with Crippen molar-refractivity contribution < 1.29 is 14.4 Å². The second-order valence-corrected chi connectivity index (χ2v) is 6.76. The molecule has 0 N–H and O–H groups in total. The molecule has 5 nitrogen and oxygen atoms in total. The van der Waals surface area contributed by atoms with Crippen LogP contribution in [0.4, 0.5) is 0 Å². The van der Waals surface area contributed by atoms with Crippen LogP contribution in [0.25, 0.3) is 0 Å². The number of hydrogen-bond donors (Lipinski definition) is 0. The molecule has 0 radical (unpaired) electrons. The summed E-state index contributed by atoms with van der Waals surface area (Å²) in [5, 5.41) is 0. The second kappa shape index (κ2) is 6.75. The van der Waals surface area contributed by atoms with E-state index in [4.69, 9.17) is 0 Å². The third-order valence-corrected chi connectivity index (χ3v) is 5.11. The van der Waals surface area contributed by atoms with E-state index in [9.17, 15) is 14.4 Å². The van der Waals surface area contributed by atoms with Gasteiger partial charge in [0.25, 0.3) is 11.8 Å². The van der Waals surface area contributed by atoms with Crippen LogP contribution in [0.1, 0.15) is 39.1 Å². The summed E-state index contributed by atoms with van der Waals surface area (Å²) in [5.41, 5.74) is 1.69. The van der Waals surface area contributed by atoms with Gasteiger partial charge in [-0.2, -0.15) is 0 Å². The van der Waals surface area contributed by atoms with Crippen LogP contribution >= 0.6 is 0 Å². The summed E-state index contributed by atoms with van der Waals surface area (Å²) < 4.78 is 0. The second-order valence-electron chi connectivity index (χ2n) is 6.76. The van der Waals surface area contributed by atoms with E-state index >= 15 is 0 Å². The number of amides is 3. The van der Waals surface area contributed by atoms with Crippen molar-refractivity contribution in [2.45, 2.75) is 25.3 Å². The lowest BCUT2D eigenvalue weighted by atomic mass is 10.0. The van der Waals surface area contributed by atoms with Gasteiger partial charge in [0.05, 0.1) is 11.1 Å². The number of rotatable bonds is 4. The Balaban J connectivity index is 1.70. The predicted molar refractivity (Wildman–Crippen MR) is 96.7 cm³/mol. The average molecular weight is 348 g/mol. The van der Waals surface area contributed by atoms with Crippen LogP contribution in [0, 0.1) is 0 Å². The van der Waals surface area contributed by atoms with Crippen LogP contribution in [-0.2, 0) is 11.2 Å². The molecule has 2 aromatic rings. The van der Waals surface area contributed by atoms with Crippen molar-refractivity contribution in [3.05, 3.63) is 71.3 Å². The Morgan fingerprint density at radius 3 is 1.96 bits per heavy atom. The molecule has 2 heterocycles. The van der Waals surface area contributed by atoms with Crippen LogP contribution in [0.3, 0.4) is 0 Å². The molecular weight excluding hydrogens is 328 g/mol. The van der Waals surface area contributed by atoms with Gasteiger partial charge >= 0.3 is 0 Å². The highest BCUT2D eigenvalue weighted by Crippen LogP contribution is 2.27. The minimum Gasteiger partial charge on any atom is -0.341 e. The number of carbonyl (C=O) groups excluding carboxylic acids is 3. The minimum absolute atomic E-state index is 0.138. The van der Waals surface area contributed by atoms with E-state index in [1.165, 1.54) is 0 Å². The molecule has 0 bridgehead atoms. The molecule has 1 atom stereocenters. The summed E-state index contributed by atoms with van der Waals surface area (Å²) in [6.45, 7) is 1.38. The lowest BCUT2D eigenvalue weighted by molar-refractivity contribution is -0.134. The molecule has 132 valence electrons. The molecule has 26 heavy (non-hydrogen) atoms. The lowest BCUT2D eigenvalue weighted by Gasteiger charge is -2.29. The first-order valence-electron chi connectivity index (χ1n) is 8.96. The van der Waals surface area contributed by atoms with Gasteiger partial charge < -0.3 is 4.90 Å². The van der Waals surface area contributed by atoms with Gasteiger partial charge in [-0.3, -0.25) is 19.3 Å². The Hall–Kier alpha value is -2.95. The van der Waals surface area contributed by atoms with Crippen molar-refractivity contribution in [1.82, 2.24) is 9.80 Å². The Morgan fingerprint density at radius 2 is 1.38 bits per heavy atom. The predicted octanol–water partition coefficient (Wildman–Crippen LogP) is 2.52. The quantitative estimate of drug-likeness (QED) is 0.798. The van der Waals surface area contributed by atoms with Gasteiger partial charge in [-0.15, -0.1) is 0 Å². The fourth-order valence-electron chi connectivity index (χ4n) is 3.77. The van der Waals surface area contributed by atoms with E-state index in [1.807, 2.05) is 30.3 Å². The fraction of sp³-hybridized carbons (Fsp3) is 0.286. The van der Waals surface area contributed by atoms with E-state index < -0.39 is 6.04 Å². The Morgan fingerprint density at radius 1 is 0.846 bits per heavy atom. The van der Waals surface area contributed by atoms with Crippen molar-refractivity contribution in [2.75, 3.05) is 13.1 Å². The smallest absolute Gasteiger partial charge is 0.262 e. The molecule has 2 aromatic carbocycles. The molecule has 0 spiro atoms. The number of hydrogen-bond acceptors (Lipinski definition) is 3. The molecule has 4 rings (SSSR count). The summed E-state index contributed by atoms with van der Waals surface area (Å²) in [5.74, 6) is -0.890. The van der Waals surface area contributed by atoms with Crippen LogP contribution in [0.5, 0.6) is 0 Å². The van der Waals surface area contributed by atoms with E-state index in [0.717, 1.165) is 23.3 Å². The molecule has 0 saturated carbocycles. The molecular formula is C21H20N2O3. The number of likely N-dealkylation sites (tertiary alicyclic amines) is 1. The van der Waals surface area contributed by atoms with E-state index in [1.54, 1.807) is 29.2 Å². The Kier molecular flexibility index (Phi) is 4.29. The molecule has 2 aliphatic heterocycles. The number of nitrogens with zero attached hydrogens (tertiary/aromatic N) is 2. The third-order valence-electron chi connectivity index (χ3n) is 5.11. The van der Waals surface area contributed by atoms with Gasteiger partial charge in [-0.25, -0.2) is 0 Å². The van der Waals surface area contributed by atoms with Crippen LogP contribution in [0.2, 0.25) is 0 Å². The van der Waals surface area contributed by atoms with Crippen LogP contribution in [-0.4, -0.2) is 46.7 Å². The zero-order valence-electron chi connectivity index (χ0n) is 14.4. The van der Waals surface area contributed by atoms with Crippen molar-refractivity contribution in [2.24, 2.45) is 0 Å². The van der Waals surface area contributed by atoms with Gasteiger partial charge in [0.15, 0.2) is 0 Å². The van der Waals surface area contributed by atoms with Gasteiger partial charge in [-0.05, 0) is 30.5 Å². The molecule has 0 aromatic heterocycles. The van der Waals surface area contributed by atoms with Gasteiger partial charge in [0, 0.05) is 19.5 Å². The summed E-state index contributed by atoms with van der Waals surface area (Å²) >= 11 is 0. The molecule has 5 heteroatoms. The zero-order chi connectivity index (χ0) is 18.1. The molecule has 1 fully saturated rings. The first kappa shape index (κ1) is 16.5. The zero-order valence-corrected chi connectivity index (χ0v) is 14.4. The van der Waals surface area contributed by atoms with E-state index in [2.05, 4.69) is 0 Å². The molecule has 1 saturated heterocycles. The number of imide groups is 1. The van der Waals surface area contributed by atoms with Gasteiger partial charge in [-0.1, -0.05) is 42.5 Å². The largest absolute Gasteiger partial charge is 0.341 e. The minimum atomic E-state index is -0.803. The Bertz CT molecular complexity index is 822. The number of fused-ring (bicyclic) bond motifs is 1. The summed E-state index contributed by atoms with van der Waals surface area (Å²) in [7, 11) is 0. The van der Waals surface area contributed by atoms with Crippen LogP contribution < -0.4 is 0 Å². The highest BCUT2D eigenvalue weighted by atomic mass is 16.2. The number of carbonyl (C=O) groups is 3. The summed E-state index contributed by atoms with van der Waals surface area (Å²) in [6, 6.07) is 15.5. The van der Waals surface area contributed by atoms with Crippen molar-refractivity contribution in [3.8, 4) is 0 Å². The molecule has 0 aliphatic carbocycles. The van der Waals surface area contributed by atoms with Crippen molar-refractivity contribution in [1.29, 1.82) is 0 Å². The lowest BCUT2D eigenvalue weighted by Crippen LogP contribution is -2.51. The molecule has 3 amide bonds. The van der Waals surface area contributed by atoms with E-state index in [-0.39, 0.29) is 17.7 Å². The summed E-state index contributed by atoms with van der Waals surface area (Å²) in [6.07, 6.45) is 2.26. The van der Waals surface area contributed by atoms with Crippen molar-refractivity contribution in [3.63, 3.8) is 0 Å². The normalized spacial score (nSPS) is 17.5. The maximum Gasteiger partial charge on any atom is 0.262 e. The average Bonchev–Trinajstić information content (AvgIpc) is 3.29. The monoisotopic (exact) mass is 348 g/mol. The first-order valence-corrected chi connectivity index (χ1v) is 8.96. The first-order chi connectivity index (χ1) is 12.7. The van der Waals surface area contributed by atoms with Gasteiger partial charge in [0.2, 0.25) is 5.91 Å². The third kappa shape index (κ3) is 2.79.